The molecule has 1 heterocycles. The van der Waals surface area contributed by atoms with Gasteiger partial charge in [-0.3, -0.25) is 0 Å². The minimum Gasteiger partial charge on any atom is -0.496 e. The van der Waals surface area contributed by atoms with E-state index >= 15 is 0 Å². The molecule has 0 radical (unpaired) electrons. The van der Waals surface area contributed by atoms with Gasteiger partial charge < -0.3 is 19.0 Å². The maximum atomic E-state index is 10.8. The van der Waals surface area contributed by atoms with E-state index in [1.807, 2.05) is 0 Å². The molecule has 5 heteroatoms. The fraction of sp³-hybridized carbons (Fsp3) is 0.182. The Morgan fingerprint density at radius 1 is 1.25 bits per heavy atom. The third-order valence-electron chi connectivity index (χ3n) is 2.24. The lowest BCUT2D eigenvalue weighted by atomic mass is 10.2. The summed E-state index contributed by atoms with van der Waals surface area (Å²) in [5.41, 5.74) is 0.425. The highest BCUT2D eigenvalue weighted by Gasteiger charge is 2.14. The zero-order valence-electron chi connectivity index (χ0n) is 8.81. The Hall–Kier alpha value is -2.17. The van der Waals surface area contributed by atoms with Gasteiger partial charge in [0, 0.05) is 18.2 Å². The van der Waals surface area contributed by atoms with Gasteiger partial charge in [0.05, 0.1) is 19.6 Å². The van der Waals surface area contributed by atoms with Crippen LogP contribution in [0.25, 0.3) is 11.0 Å². The number of hydrogen-bond donors (Lipinski definition) is 1. The second-order valence-electron chi connectivity index (χ2n) is 3.16. The number of rotatable bonds is 3. The molecule has 0 fully saturated rings. The van der Waals surface area contributed by atoms with Gasteiger partial charge in [-0.05, 0) is 0 Å². The van der Waals surface area contributed by atoms with E-state index in [1.54, 1.807) is 12.1 Å². The first-order valence-electron chi connectivity index (χ1n) is 4.54. The summed E-state index contributed by atoms with van der Waals surface area (Å²) >= 11 is 0. The molecule has 16 heavy (non-hydrogen) atoms. The molecule has 0 unspecified atom stereocenters. The average molecular weight is 222 g/mol. The quantitative estimate of drug-likeness (QED) is 0.861. The highest BCUT2D eigenvalue weighted by Crippen LogP contribution is 2.33. The zero-order valence-corrected chi connectivity index (χ0v) is 8.81. The summed E-state index contributed by atoms with van der Waals surface area (Å²) in [7, 11) is 3.02. The number of carboxylic acid groups (broad SMARTS) is 1. The van der Waals surface area contributed by atoms with Crippen molar-refractivity contribution in [1.82, 2.24) is 0 Å². The van der Waals surface area contributed by atoms with Gasteiger partial charge in [0.25, 0.3) is 0 Å². The Morgan fingerprint density at radius 2 is 2.00 bits per heavy atom. The number of aromatic carboxylic acids is 1. The van der Waals surface area contributed by atoms with Gasteiger partial charge in [-0.15, -0.1) is 0 Å². The average Bonchev–Trinajstić information content (AvgIpc) is 2.71. The molecule has 2 rings (SSSR count). The van der Waals surface area contributed by atoms with Crippen molar-refractivity contribution < 1.29 is 23.8 Å². The van der Waals surface area contributed by atoms with Gasteiger partial charge in [-0.1, -0.05) is 0 Å². The lowest BCUT2D eigenvalue weighted by Gasteiger charge is -2.04. The first-order chi connectivity index (χ1) is 7.65. The predicted molar refractivity (Wildman–Crippen MR) is 56.3 cm³/mol. The van der Waals surface area contributed by atoms with E-state index in [2.05, 4.69) is 0 Å². The maximum Gasteiger partial charge on any atom is 0.371 e. The number of methoxy groups -OCH3 is 2. The second-order valence-corrected chi connectivity index (χ2v) is 3.16. The molecule has 1 aromatic carbocycles. The smallest absolute Gasteiger partial charge is 0.371 e. The van der Waals surface area contributed by atoms with Gasteiger partial charge in [-0.2, -0.15) is 0 Å². The maximum absolute atomic E-state index is 10.8. The molecule has 0 aliphatic heterocycles. The molecule has 2 aromatic rings. The normalized spacial score (nSPS) is 10.4. The topological polar surface area (TPSA) is 68.9 Å². The van der Waals surface area contributed by atoms with E-state index in [9.17, 15) is 4.79 Å². The van der Waals surface area contributed by atoms with Crippen molar-refractivity contribution in [2.45, 2.75) is 0 Å². The Kier molecular flexibility index (Phi) is 2.44. The molecule has 1 aromatic heterocycles. The number of furan rings is 1. The Labute approximate surface area is 91.2 Å². The summed E-state index contributed by atoms with van der Waals surface area (Å²) in [6.07, 6.45) is 0. The van der Waals surface area contributed by atoms with Crippen LogP contribution >= 0.6 is 0 Å². The molecule has 0 aliphatic rings. The van der Waals surface area contributed by atoms with Crippen LogP contribution in [0.1, 0.15) is 10.6 Å². The van der Waals surface area contributed by atoms with Gasteiger partial charge in [0.2, 0.25) is 5.76 Å². The second kappa shape index (κ2) is 3.77. The minimum absolute atomic E-state index is 0.124. The van der Waals surface area contributed by atoms with Crippen LogP contribution in [-0.2, 0) is 0 Å². The van der Waals surface area contributed by atoms with Gasteiger partial charge in [0.1, 0.15) is 17.1 Å². The monoisotopic (exact) mass is 222 g/mol. The molecule has 0 saturated carbocycles. The molecular weight excluding hydrogens is 212 g/mol. The summed E-state index contributed by atoms with van der Waals surface area (Å²) in [5, 5.41) is 9.42. The molecule has 0 bridgehead atoms. The van der Waals surface area contributed by atoms with Crippen molar-refractivity contribution >= 4 is 16.9 Å². The Balaban J connectivity index is 2.69. The van der Waals surface area contributed by atoms with E-state index in [0.717, 1.165) is 0 Å². The fourth-order valence-electron chi connectivity index (χ4n) is 1.47. The van der Waals surface area contributed by atoms with E-state index in [-0.39, 0.29) is 5.76 Å². The minimum atomic E-state index is -1.11. The van der Waals surface area contributed by atoms with Crippen LogP contribution in [0.2, 0.25) is 0 Å². The van der Waals surface area contributed by atoms with Crippen LogP contribution in [0.4, 0.5) is 0 Å². The van der Waals surface area contributed by atoms with Gasteiger partial charge in [0.15, 0.2) is 0 Å². The Morgan fingerprint density at radius 3 is 2.56 bits per heavy atom. The molecule has 0 aliphatic carbocycles. The van der Waals surface area contributed by atoms with Crippen molar-refractivity contribution in [3.63, 3.8) is 0 Å². The summed E-state index contributed by atoms with van der Waals surface area (Å²) in [6, 6.07) is 4.71. The third kappa shape index (κ3) is 1.56. The van der Waals surface area contributed by atoms with Crippen molar-refractivity contribution in [2.75, 3.05) is 14.2 Å². The Bertz CT molecular complexity index is 541. The molecule has 84 valence electrons. The van der Waals surface area contributed by atoms with Crippen molar-refractivity contribution in [3.8, 4) is 11.5 Å². The molecule has 0 spiro atoms. The number of carboxylic acids is 1. The molecule has 0 amide bonds. The first-order valence-corrected chi connectivity index (χ1v) is 4.54. The summed E-state index contributed by atoms with van der Waals surface area (Å²) in [6.45, 7) is 0. The van der Waals surface area contributed by atoms with Crippen molar-refractivity contribution in [2.24, 2.45) is 0 Å². The summed E-state index contributed by atoms with van der Waals surface area (Å²) < 4.78 is 15.3. The van der Waals surface area contributed by atoms with E-state index in [0.29, 0.717) is 22.5 Å². The third-order valence-corrected chi connectivity index (χ3v) is 2.24. The van der Waals surface area contributed by atoms with Gasteiger partial charge >= 0.3 is 5.97 Å². The van der Waals surface area contributed by atoms with E-state index in [4.69, 9.17) is 19.0 Å². The predicted octanol–water partition coefficient (Wildman–Crippen LogP) is 2.15. The molecule has 5 nitrogen and oxygen atoms in total. The fourth-order valence-corrected chi connectivity index (χ4v) is 1.47. The number of carbonyl (C=O) groups is 1. The zero-order chi connectivity index (χ0) is 11.7. The SMILES string of the molecule is COc1cc(OC)c2cc(C(=O)O)oc2c1. The molecular formula is C11H10O5. The van der Waals surface area contributed by atoms with E-state index in [1.165, 1.54) is 20.3 Å². The molecule has 1 N–H and O–H groups in total. The first kappa shape index (κ1) is 10.4. The van der Waals surface area contributed by atoms with Crippen molar-refractivity contribution in [1.29, 1.82) is 0 Å². The standard InChI is InChI=1S/C11H10O5/c1-14-6-3-8(15-2)7-5-10(11(12)13)16-9(7)4-6/h3-5H,1-2H3,(H,12,13). The lowest BCUT2D eigenvalue weighted by Crippen LogP contribution is -1.91. The number of fused-ring (bicyclic) bond motifs is 1. The van der Waals surface area contributed by atoms with Crippen LogP contribution in [0, 0.1) is 0 Å². The number of ether oxygens (including phenoxy) is 2. The summed E-state index contributed by atoms with van der Waals surface area (Å²) in [4.78, 5) is 10.8. The van der Waals surface area contributed by atoms with Gasteiger partial charge in [-0.25, -0.2) is 4.79 Å². The summed E-state index contributed by atoms with van der Waals surface area (Å²) in [5.74, 6) is -0.167. The van der Waals surface area contributed by atoms with E-state index < -0.39 is 5.97 Å². The molecule has 0 saturated heterocycles. The number of benzene rings is 1. The van der Waals surface area contributed by atoms with Crippen molar-refractivity contribution in [3.05, 3.63) is 24.0 Å². The number of hydrogen-bond acceptors (Lipinski definition) is 4. The van der Waals surface area contributed by atoms with Crippen LogP contribution in [0.5, 0.6) is 11.5 Å². The van der Waals surface area contributed by atoms with Crippen LogP contribution < -0.4 is 9.47 Å². The van der Waals surface area contributed by atoms with Crippen LogP contribution in [0.3, 0.4) is 0 Å². The highest BCUT2D eigenvalue weighted by molar-refractivity contribution is 5.94. The molecule has 0 atom stereocenters. The lowest BCUT2D eigenvalue weighted by molar-refractivity contribution is 0.0665. The highest BCUT2D eigenvalue weighted by atomic mass is 16.5. The van der Waals surface area contributed by atoms with Crippen LogP contribution in [0.15, 0.2) is 22.6 Å². The van der Waals surface area contributed by atoms with Crippen LogP contribution in [-0.4, -0.2) is 25.3 Å². The largest absolute Gasteiger partial charge is 0.496 e.